The van der Waals surface area contributed by atoms with Crippen LogP contribution in [0.1, 0.15) is 24.8 Å². The Morgan fingerprint density at radius 2 is 1.71 bits per heavy atom. The summed E-state index contributed by atoms with van der Waals surface area (Å²) < 4.78 is 40.9. The molecule has 0 spiro atoms. The highest BCUT2D eigenvalue weighted by molar-refractivity contribution is 7.89. The molecule has 1 saturated heterocycles. The van der Waals surface area contributed by atoms with Gasteiger partial charge in [0.25, 0.3) is 5.69 Å². The van der Waals surface area contributed by atoms with Crippen molar-refractivity contribution in [3.8, 4) is 0 Å². The second-order valence-corrected chi connectivity index (χ2v) is 9.77. The van der Waals surface area contributed by atoms with E-state index in [9.17, 15) is 27.7 Å². The van der Waals surface area contributed by atoms with Crippen LogP contribution in [-0.2, 0) is 20.2 Å². The number of carbonyl (C=O) groups excluding carboxylic acids is 1. The number of benzene rings is 2. The first-order valence-corrected chi connectivity index (χ1v) is 11.5. The first-order chi connectivity index (χ1) is 14.8. The Kier molecular flexibility index (Phi) is 5.52. The van der Waals surface area contributed by atoms with Gasteiger partial charge in [-0.05, 0) is 36.6 Å². The molecule has 8 nitrogen and oxygen atoms in total. The second kappa shape index (κ2) is 8.01. The van der Waals surface area contributed by atoms with Crippen LogP contribution in [0.3, 0.4) is 0 Å². The van der Waals surface area contributed by atoms with Gasteiger partial charge in [-0.3, -0.25) is 14.9 Å². The van der Waals surface area contributed by atoms with E-state index in [4.69, 9.17) is 0 Å². The molecular weight excluding hydrogens is 425 g/mol. The fraction of sp³-hybridized carbons (Fsp3) is 0.381. The third-order valence-corrected chi connectivity index (χ3v) is 8.15. The van der Waals surface area contributed by atoms with Crippen LogP contribution in [0, 0.1) is 15.9 Å². The van der Waals surface area contributed by atoms with Crippen LogP contribution < -0.4 is 0 Å². The predicted octanol–water partition coefficient (Wildman–Crippen LogP) is 2.69. The van der Waals surface area contributed by atoms with Gasteiger partial charge in [0.15, 0.2) is 4.90 Å². The van der Waals surface area contributed by atoms with Gasteiger partial charge in [-0.15, -0.1) is 0 Å². The normalized spacial score (nSPS) is 18.9. The largest absolute Gasteiger partial charge is 0.339 e. The molecule has 2 aromatic rings. The van der Waals surface area contributed by atoms with Crippen LogP contribution >= 0.6 is 0 Å². The number of hydrogen-bond acceptors (Lipinski definition) is 5. The lowest BCUT2D eigenvalue weighted by molar-refractivity contribution is -0.387. The van der Waals surface area contributed by atoms with Crippen molar-refractivity contribution in [2.45, 2.75) is 29.6 Å². The number of sulfonamides is 1. The molecular formula is C21H22FN3O5S. The average molecular weight is 447 g/mol. The molecule has 2 aliphatic rings. The standard InChI is InChI=1S/C21H22FN3O5S/c22-17-6-3-5-16(15-17)21(9-4-10-21)20(26)23-11-13-24(14-12-23)31(29,30)19-8-2-1-7-18(19)25(27)28/h1-3,5-8,15H,4,9-14H2. The van der Waals surface area contributed by atoms with Gasteiger partial charge in [0.1, 0.15) is 5.82 Å². The highest BCUT2D eigenvalue weighted by atomic mass is 32.2. The maximum absolute atomic E-state index is 13.8. The van der Waals surface area contributed by atoms with E-state index >= 15 is 0 Å². The summed E-state index contributed by atoms with van der Waals surface area (Å²) in [5.74, 6) is -0.510. The topological polar surface area (TPSA) is 101 Å². The van der Waals surface area contributed by atoms with E-state index in [1.807, 2.05) is 0 Å². The van der Waals surface area contributed by atoms with Crippen LogP contribution in [0.4, 0.5) is 10.1 Å². The average Bonchev–Trinajstić information content (AvgIpc) is 2.73. The maximum atomic E-state index is 13.8. The highest BCUT2D eigenvalue weighted by Crippen LogP contribution is 2.45. The van der Waals surface area contributed by atoms with Crippen LogP contribution in [0.25, 0.3) is 0 Å². The van der Waals surface area contributed by atoms with Gasteiger partial charge in [0.2, 0.25) is 15.9 Å². The first kappa shape index (κ1) is 21.4. The third kappa shape index (κ3) is 3.70. The molecule has 2 fully saturated rings. The van der Waals surface area contributed by atoms with E-state index in [1.54, 1.807) is 17.0 Å². The Morgan fingerprint density at radius 3 is 2.29 bits per heavy atom. The Balaban J connectivity index is 1.51. The molecule has 1 aliphatic heterocycles. The van der Waals surface area contributed by atoms with E-state index in [0.29, 0.717) is 18.4 Å². The van der Waals surface area contributed by atoms with Crippen molar-refractivity contribution < 1.29 is 22.5 Å². The molecule has 1 amide bonds. The molecule has 4 rings (SSSR count). The van der Waals surface area contributed by atoms with Crippen molar-refractivity contribution in [3.05, 3.63) is 70.0 Å². The maximum Gasteiger partial charge on any atom is 0.289 e. The quantitative estimate of drug-likeness (QED) is 0.518. The van der Waals surface area contributed by atoms with Gasteiger partial charge >= 0.3 is 0 Å². The molecule has 1 aliphatic carbocycles. The Labute approximate surface area is 179 Å². The Hall–Kier alpha value is -2.85. The third-order valence-electron chi connectivity index (χ3n) is 6.20. The van der Waals surface area contributed by atoms with Crippen molar-refractivity contribution in [3.63, 3.8) is 0 Å². The monoisotopic (exact) mass is 447 g/mol. The lowest BCUT2D eigenvalue weighted by Gasteiger charge is -2.45. The van der Waals surface area contributed by atoms with Gasteiger partial charge in [-0.1, -0.05) is 30.7 Å². The van der Waals surface area contributed by atoms with Crippen LogP contribution in [0.5, 0.6) is 0 Å². The number of carbonyl (C=O) groups is 1. The fourth-order valence-corrected chi connectivity index (χ4v) is 5.92. The molecule has 0 unspecified atom stereocenters. The number of rotatable bonds is 5. The zero-order valence-corrected chi connectivity index (χ0v) is 17.6. The molecule has 0 bridgehead atoms. The van der Waals surface area contributed by atoms with Crippen molar-refractivity contribution in [2.24, 2.45) is 0 Å². The number of nitrogens with zero attached hydrogens (tertiary/aromatic N) is 3. The minimum absolute atomic E-state index is 0.0410. The number of nitro groups is 1. The molecule has 164 valence electrons. The zero-order chi connectivity index (χ0) is 22.2. The van der Waals surface area contributed by atoms with Gasteiger partial charge in [0.05, 0.1) is 10.3 Å². The molecule has 2 aromatic carbocycles. The predicted molar refractivity (Wildman–Crippen MR) is 110 cm³/mol. The van der Waals surface area contributed by atoms with Crippen molar-refractivity contribution in [2.75, 3.05) is 26.2 Å². The van der Waals surface area contributed by atoms with Crippen LogP contribution in [0.15, 0.2) is 53.4 Å². The van der Waals surface area contributed by atoms with Crippen LogP contribution in [0.2, 0.25) is 0 Å². The number of amides is 1. The zero-order valence-electron chi connectivity index (χ0n) is 16.7. The number of piperazine rings is 1. The van der Waals surface area contributed by atoms with Gasteiger partial charge in [-0.2, -0.15) is 4.31 Å². The first-order valence-electron chi connectivity index (χ1n) is 10.0. The second-order valence-electron chi connectivity index (χ2n) is 7.87. The summed E-state index contributed by atoms with van der Waals surface area (Å²) in [6.07, 6.45) is 2.13. The number of para-hydroxylation sites is 1. The lowest BCUT2D eigenvalue weighted by atomic mass is 9.63. The molecule has 0 aromatic heterocycles. The van der Waals surface area contributed by atoms with Crippen LogP contribution in [-0.4, -0.2) is 54.6 Å². The Morgan fingerprint density at radius 1 is 1.03 bits per heavy atom. The van der Waals surface area contributed by atoms with Gasteiger partial charge < -0.3 is 4.90 Å². The minimum atomic E-state index is -4.07. The van der Waals surface area contributed by atoms with E-state index in [0.717, 1.165) is 12.5 Å². The molecule has 1 heterocycles. The fourth-order valence-electron chi connectivity index (χ4n) is 4.34. The summed E-state index contributed by atoms with van der Waals surface area (Å²) >= 11 is 0. The number of nitro benzene ring substituents is 1. The lowest BCUT2D eigenvalue weighted by Crippen LogP contribution is -2.57. The summed E-state index contributed by atoms with van der Waals surface area (Å²) in [4.78, 5) is 25.1. The van der Waals surface area contributed by atoms with Gasteiger partial charge in [-0.25, -0.2) is 12.8 Å². The smallest absolute Gasteiger partial charge is 0.289 e. The Bertz CT molecular complexity index is 1130. The van der Waals surface area contributed by atoms with Gasteiger partial charge in [0, 0.05) is 32.2 Å². The number of hydrogen-bond donors (Lipinski definition) is 0. The summed E-state index contributed by atoms with van der Waals surface area (Å²) in [6.45, 7) is 0.435. The molecule has 31 heavy (non-hydrogen) atoms. The minimum Gasteiger partial charge on any atom is -0.339 e. The summed E-state index contributed by atoms with van der Waals surface area (Å²) in [5, 5.41) is 11.2. The summed E-state index contributed by atoms with van der Waals surface area (Å²) in [5.41, 5.74) is -0.583. The molecule has 0 radical (unpaired) electrons. The highest BCUT2D eigenvalue weighted by Gasteiger charge is 2.48. The number of halogens is 1. The van der Waals surface area contributed by atoms with E-state index < -0.39 is 31.9 Å². The van der Waals surface area contributed by atoms with Crippen molar-refractivity contribution in [1.82, 2.24) is 9.21 Å². The van der Waals surface area contributed by atoms with Crippen molar-refractivity contribution in [1.29, 1.82) is 0 Å². The molecule has 1 saturated carbocycles. The van der Waals surface area contributed by atoms with E-state index in [2.05, 4.69) is 0 Å². The molecule has 10 heteroatoms. The van der Waals surface area contributed by atoms with E-state index in [1.165, 1.54) is 34.6 Å². The van der Waals surface area contributed by atoms with E-state index in [-0.39, 0.29) is 37.0 Å². The SMILES string of the molecule is O=C(N1CCN(S(=O)(=O)c2ccccc2[N+](=O)[O-])CC1)C1(c2cccc(F)c2)CCC1. The molecule has 0 N–H and O–H groups in total. The summed E-state index contributed by atoms with van der Waals surface area (Å²) in [7, 11) is -4.07. The van der Waals surface area contributed by atoms with Crippen molar-refractivity contribution >= 4 is 21.6 Å². The summed E-state index contributed by atoms with van der Waals surface area (Å²) in [6, 6.07) is 11.3. The molecule has 0 atom stereocenters.